The molecule has 0 amide bonds. The van der Waals surface area contributed by atoms with Gasteiger partial charge in [0.1, 0.15) is 61.6 Å². The van der Waals surface area contributed by atoms with Crippen LogP contribution in [0.4, 0.5) is 0 Å². The van der Waals surface area contributed by atoms with Gasteiger partial charge >= 0.3 is 0 Å². The molecule has 0 spiro atoms. The molecule has 0 saturated carbocycles. The van der Waals surface area contributed by atoms with E-state index in [1.54, 1.807) is 0 Å². The molecule has 8 nitrogen and oxygen atoms in total. The van der Waals surface area contributed by atoms with Gasteiger partial charge in [-0.05, 0) is 178 Å². The Kier molecular flexibility index (Phi) is 12.7. The van der Waals surface area contributed by atoms with E-state index < -0.39 is 0 Å². The summed E-state index contributed by atoms with van der Waals surface area (Å²) >= 11 is 0. The fourth-order valence-electron chi connectivity index (χ4n) is 6.95. The van der Waals surface area contributed by atoms with Crippen LogP contribution in [-0.2, 0) is 18.9 Å². The Balaban J connectivity index is 0.910. The molecule has 3 unspecified atom stereocenters. The van der Waals surface area contributed by atoms with Crippen LogP contribution in [0, 0.1) is 55.4 Å². The molecule has 0 aromatic heterocycles. The SMILES string of the molecule is Cc1cc(-c2cc(C)c(OCC3CO3)c(C)c2)cc(C)c1OCCOCC(C)OCCOc1c(C)cc(-c2cc(C)c(OCC3CO3)c(C)c2)cc1C. The molecule has 6 rings (SSSR count). The lowest BCUT2D eigenvalue weighted by atomic mass is 9.96. The van der Waals surface area contributed by atoms with Gasteiger partial charge in [-0.1, -0.05) is 0 Å². The summed E-state index contributed by atoms with van der Waals surface area (Å²) in [4.78, 5) is 0. The zero-order valence-electron chi connectivity index (χ0n) is 33.0. The third-order valence-corrected chi connectivity index (χ3v) is 9.70. The van der Waals surface area contributed by atoms with Gasteiger partial charge in [-0.2, -0.15) is 0 Å². The molecule has 0 radical (unpaired) electrons. The zero-order valence-corrected chi connectivity index (χ0v) is 33.0. The highest BCUT2D eigenvalue weighted by molar-refractivity contribution is 5.71. The second kappa shape index (κ2) is 17.4. The fourth-order valence-corrected chi connectivity index (χ4v) is 6.95. The van der Waals surface area contributed by atoms with E-state index in [1.807, 2.05) is 6.92 Å². The number of hydrogen-bond acceptors (Lipinski definition) is 8. The Hall–Kier alpha value is -4.08. The Morgan fingerprint density at radius 3 is 1.09 bits per heavy atom. The van der Waals surface area contributed by atoms with Gasteiger partial charge in [-0.15, -0.1) is 0 Å². The molecule has 53 heavy (non-hydrogen) atoms. The zero-order chi connectivity index (χ0) is 37.6. The van der Waals surface area contributed by atoms with E-state index in [0.29, 0.717) is 46.2 Å². The molecular formula is C45H56O8. The van der Waals surface area contributed by atoms with Gasteiger partial charge in [-0.25, -0.2) is 0 Å². The molecular weight excluding hydrogens is 668 g/mol. The smallest absolute Gasteiger partial charge is 0.125 e. The van der Waals surface area contributed by atoms with Crippen LogP contribution in [0.15, 0.2) is 48.5 Å². The van der Waals surface area contributed by atoms with E-state index in [0.717, 1.165) is 80.7 Å². The lowest BCUT2D eigenvalue weighted by Crippen LogP contribution is -2.21. The Morgan fingerprint density at radius 1 is 0.472 bits per heavy atom. The highest BCUT2D eigenvalue weighted by Crippen LogP contribution is 2.36. The summed E-state index contributed by atoms with van der Waals surface area (Å²) in [5, 5.41) is 0. The molecule has 0 aliphatic carbocycles. The average Bonchev–Trinajstić information content (AvgIpc) is 4.04. The summed E-state index contributed by atoms with van der Waals surface area (Å²) in [6, 6.07) is 17.5. The molecule has 284 valence electrons. The highest BCUT2D eigenvalue weighted by Gasteiger charge is 2.25. The van der Waals surface area contributed by atoms with Gasteiger partial charge in [-0.3, -0.25) is 0 Å². The average molecular weight is 725 g/mol. The van der Waals surface area contributed by atoms with Crippen molar-refractivity contribution in [2.75, 3.05) is 59.5 Å². The lowest BCUT2D eigenvalue weighted by molar-refractivity contribution is -0.0209. The number of benzene rings is 4. The molecule has 2 saturated heterocycles. The molecule has 3 atom stereocenters. The van der Waals surface area contributed by atoms with Gasteiger partial charge in [0.2, 0.25) is 0 Å². The summed E-state index contributed by atoms with van der Waals surface area (Å²) in [7, 11) is 0. The first kappa shape index (κ1) is 38.6. The Morgan fingerprint density at radius 2 is 0.774 bits per heavy atom. The fraction of sp³-hybridized carbons (Fsp3) is 0.467. The van der Waals surface area contributed by atoms with Crippen LogP contribution in [0.25, 0.3) is 22.3 Å². The minimum Gasteiger partial charge on any atom is -0.491 e. The standard InChI is InChI=1S/C45H56O8/c1-27-14-36(38-18-31(5)44(32(6)19-38)52-25-40-23-50-40)15-28(2)42(27)48-11-10-46-22-35(9)47-12-13-49-43-29(3)16-37(17-30(43)4)39-20-33(7)45(34(8)21-39)53-26-41-24-51-41/h14-21,35,40-41H,10-13,22-26H2,1-9H3. The van der Waals surface area contributed by atoms with Crippen LogP contribution in [0.2, 0.25) is 0 Å². The first-order valence-corrected chi connectivity index (χ1v) is 18.9. The van der Waals surface area contributed by atoms with Gasteiger partial charge in [0.25, 0.3) is 0 Å². The van der Waals surface area contributed by atoms with Crippen molar-refractivity contribution < 1.29 is 37.9 Å². The normalized spacial score (nSPS) is 16.7. The van der Waals surface area contributed by atoms with Crippen LogP contribution in [0.3, 0.4) is 0 Å². The number of rotatable bonds is 19. The summed E-state index contributed by atoms with van der Waals surface area (Å²) in [6.45, 7) is 24.0. The molecule has 8 heteroatoms. The summed E-state index contributed by atoms with van der Waals surface area (Å²) in [5.41, 5.74) is 13.6. The molecule has 2 heterocycles. The first-order chi connectivity index (χ1) is 25.5. The number of epoxide rings is 2. The topological polar surface area (TPSA) is 80.4 Å². The van der Waals surface area contributed by atoms with Crippen LogP contribution in [-0.4, -0.2) is 77.8 Å². The van der Waals surface area contributed by atoms with Crippen LogP contribution < -0.4 is 18.9 Å². The molecule has 4 aromatic rings. The quantitative estimate of drug-likeness (QED) is 0.0701. The van der Waals surface area contributed by atoms with Crippen molar-refractivity contribution >= 4 is 0 Å². The summed E-state index contributed by atoms with van der Waals surface area (Å²) < 4.78 is 46.9. The van der Waals surface area contributed by atoms with Crippen LogP contribution >= 0.6 is 0 Å². The van der Waals surface area contributed by atoms with E-state index >= 15 is 0 Å². The second-order valence-electron chi connectivity index (χ2n) is 14.7. The van der Waals surface area contributed by atoms with E-state index in [-0.39, 0.29) is 18.3 Å². The van der Waals surface area contributed by atoms with E-state index in [4.69, 9.17) is 37.9 Å². The summed E-state index contributed by atoms with van der Waals surface area (Å²) in [6.07, 6.45) is 0.414. The third kappa shape index (κ3) is 10.3. The Labute approximate surface area is 315 Å². The monoisotopic (exact) mass is 724 g/mol. The van der Waals surface area contributed by atoms with E-state index in [2.05, 4.69) is 104 Å². The molecule has 0 bridgehead atoms. The molecule has 2 fully saturated rings. The second-order valence-corrected chi connectivity index (χ2v) is 14.7. The Bertz CT molecular complexity index is 1800. The largest absolute Gasteiger partial charge is 0.491 e. The first-order valence-electron chi connectivity index (χ1n) is 18.9. The van der Waals surface area contributed by atoms with Crippen LogP contribution in [0.5, 0.6) is 23.0 Å². The molecule has 2 aliphatic heterocycles. The van der Waals surface area contributed by atoms with Gasteiger partial charge in [0.05, 0.1) is 39.1 Å². The van der Waals surface area contributed by atoms with Crippen molar-refractivity contribution in [1.29, 1.82) is 0 Å². The molecule has 4 aromatic carbocycles. The van der Waals surface area contributed by atoms with E-state index in [9.17, 15) is 0 Å². The van der Waals surface area contributed by atoms with Crippen molar-refractivity contribution in [3.8, 4) is 45.3 Å². The minimum atomic E-state index is -0.0631. The maximum absolute atomic E-state index is 6.20. The maximum Gasteiger partial charge on any atom is 0.125 e. The van der Waals surface area contributed by atoms with Gasteiger partial charge < -0.3 is 37.9 Å². The van der Waals surface area contributed by atoms with Gasteiger partial charge in [0.15, 0.2) is 0 Å². The maximum atomic E-state index is 6.20. The highest BCUT2D eigenvalue weighted by atomic mass is 16.6. The number of hydrogen-bond donors (Lipinski definition) is 0. The number of aryl methyl sites for hydroxylation is 8. The van der Waals surface area contributed by atoms with Crippen molar-refractivity contribution in [1.82, 2.24) is 0 Å². The summed E-state index contributed by atoms with van der Waals surface area (Å²) in [5.74, 6) is 3.71. The van der Waals surface area contributed by atoms with E-state index in [1.165, 1.54) is 22.3 Å². The van der Waals surface area contributed by atoms with Crippen molar-refractivity contribution in [2.24, 2.45) is 0 Å². The minimum absolute atomic E-state index is 0.0631. The van der Waals surface area contributed by atoms with Gasteiger partial charge in [0, 0.05) is 0 Å². The molecule has 2 aliphatic rings. The molecule has 0 N–H and O–H groups in total. The predicted molar refractivity (Wildman–Crippen MR) is 209 cm³/mol. The van der Waals surface area contributed by atoms with Crippen LogP contribution in [0.1, 0.15) is 51.4 Å². The van der Waals surface area contributed by atoms with Crippen molar-refractivity contribution in [2.45, 2.75) is 80.6 Å². The predicted octanol–water partition coefficient (Wildman–Crippen LogP) is 8.92. The third-order valence-electron chi connectivity index (χ3n) is 9.70. The van der Waals surface area contributed by atoms with Crippen molar-refractivity contribution in [3.63, 3.8) is 0 Å². The number of ether oxygens (including phenoxy) is 8. The van der Waals surface area contributed by atoms with Crippen molar-refractivity contribution in [3.05, 3.63) is 93.0 Å². The lowest BCUT2D eigenvalue weighted by Gasteiger charge is -2.18.